The molecule has 0 spiro atoms. The molecule has 0 unspecified atom stereocenters. The van der Waals surface area contributed by atoms with E-state index in [2.05, 4.69) is 24.4 Å². The van der Waals surface area contributed by atoms with Gasteiger partial charge >= 0.3 is 0 Å². The zero-order valence-corrected chi connectivity index (χ0v) is 8.05. The van der Waals surface area contributed by atoms with E-state index in [9.17, 15) is 4.79 Å². The number of hydrogen-bond donors (Lipinski definition) is 1. The maximum Gasteiger partial charge on any atom is 0.220 e. The lowest BCUT2D eigenvalue weighted by molar-refractivity contribution is -0.118. The van der Waals surface area contributed by atoms with Crippen molar-refractivity contribution in [1.29, 1.82) is 0 Å². The third-order valence-corrected chi connectivity index (χ3v) is 1.34. The van der Waals surface area contributed by atoms with Gasteiger partial charge in [-0.05, 0) is 19.8 Å². The van der Waals surface area contributed by atoms with Crippen molar-refractivity contribution in [2.45, 2.75) is 33.6 Å². The molecule has 2 nitrogen and oxygen atoms in total. The van der Waals surface area contributed by atoms with Gasteiger partial charge in [-0.3, -0.25) is 4.79 Å². The molecule has 0 fully saturated rings. The average molecular weight is 167 g/mol. The van der Waals surface area contributed by atoms with Crippen LogP contribution in [0.25, 0.3) is 0 Å². The van der Waals surface area contributed by atoms with E-state index < -0.39 is 0 Å². The van der Waals surface area contributed by atoms with Crippen LogP contribution in [0.4, 0.5) is 0 Å². The van der Waals surface area contributed by atoms with Gasteiger partial charge in [-0.2, -0.15) is 0 Å². The molecule has 0 bridgehead atoms. The molecule has 0 aliphatic heterocycles. The molecule has 1 N–H and O–H groups in total. The van der Waals surface area contributed by atoms with Crippen LogP contribution < -0.4 is 5.32 Å². The molecule has 0 heterocycles. The summed E-state index contributed by atoms with van der Waals surface area (Å²) in [5.74, 6) is -0.0109. The second-order valence-corrected chi connectivity index (χ2v) is 2.68. The van der Waals surface area contributed by atoms with Gasteiger partial charge in [-0.15, -0.1) is 0 Å². The van der Waals surface area contributed by atoms with Crippen LogP contribution in [0.15, 0.2) is 23.9 Å². The van der Waals surface area contributed by atoms with Crippen LogP contribution in [0.2, 0.25) is 0 Å². The van der Waals surface area contributed by atoms with E-state index >= 15 is 0 Å². The van der Waals surface area contributed by atoms with Crippen molar-refractivity contribution in [3.05, 3.63) is 23.9 Å². The van der Waals surface area contributed by atoms with Gasteiger partial charge in [-0.25, -0.2) is 0 Å². The number of nitrogens with one attached hydrogen (secondary N) is 1. The molecule has 0 saturated heterocycles. The molecule has 0 aromatic rings. The zero-order valence-electron chi connectivity index (χ0n) is 8.05. The summed E-state index contributed by atoms with van der Waals surface area (Å²) >= 11 is 0. The van der Waals surface area contributed by atoms with Crippen LogP contribution in [-0.4, -0.2) is 5.91 Å². The number of allylic oxidation sites excluding steroid dienone is 4. The first-order valence-electron chi connectivity index (χ1n) is 4.26. The number of carbonyl (C=O) groups is 1. The van der Waals surface area contributed by atoms with Crippen molar-refractivity contribution < 1.29 is 4.79 Å². The molecular formula is C10H17NO. The van der Waals surface area contributed by atoms with E-state index in [1.165, 1.54) is 6.92 Å². The van der Waals surface area contributed by atoms with Gasteiger partial charge in [0.2, 0.25) is 5.91 Å². The summed E-state index contributed by atoms with van der Waals surface area (Å²) in [5.41, 5.74) is 0.920. The Balaban J connectivity index is 3.69. The molecule has 0 aliphatic carbocycles. The minimum absolute atomic E-state index is 0.0109. The summed E-state index contributed by atoms with van der Waals surface area (Å²) in [4.78, 5) is 10.6. The second kappa shape index (κ2) is 6.65. The van der Waals surface area contributed by atoms with E-state index in [0.29, 0.717) is 0 Å². The fraction of sp³-hybridized carbons (Fsp3) is 0.500. The number of amides is 1. The summed E-state index contributed by atoms with van der Waals surface area (Å²) in [5, 5.41) is 2.71. The van der Waals surface area contributed by atoms with Crippen LogP contribution in [0.5, 0.6) is 0 Å². The van der Waals surface area contributed by atoms with Crippen molar-refractivity contribution in [3.63, 3.8) is 0 Å². The summed E-state index contributed by atoms with van der Waals surface area (Å²) < 4.78 is 0. The minimum Gasteiger partial charge on any atom is -0.331 e. The molecule has 0 aromatic carbocycles. The molecule has 0 radical (unpaired) electrons. The summed E-state index contributed by atoms with van der Waals surface area (Å²) in [7, 11) is 0. The zero-order chi connectivity index (χ0) is 9.40. The topological polar surface area (TPSA) is 29.1 Å². The lowest BCUT2D eigenvalue weighted by atomic mass is 10.3. The Labute approximate surface area is 74.4 Å². The van der Waals surface area contributed by atoms with Crippen LogP contribution >= 0.6 is 0 Å². The highest BCUT2D eigenvalue weighted by Crippen LogP contribution is 1.93. The van der Waals surface area contributed by atoms with Crippen molar-refractivity contribution in [2.75, 3.05) is 0 Å². The van der Waals surface area contributed by atoms with Gasteiger partial charge in [-0.1, -0.05) is 25.2 Å². The SMILES string of the molecule is CC/C=C\C/C=C(\C)NC(C)=O. The standard InChI is InChI=1S/C10H17NO/c1-4-5-6-7-8-9(2)11-10(3)12/h5-6,8H,4,7H2,1-3H3,(H,11,12)/b6-5-,9-8+. The van der Waals surface area contributed by atoms with Gasteiger partial charge in [0.1, 0.15) is 0 Å². The fourth-order valence-corrected chi connectivity index (χ4v) is 0.836. The highest BCUT2D eigenvalue weighted by atomic mass is 16.1. The van der Waals surface area contributed by atoms with Crippen molar-refractivity contribution >= 4 is 5.91 Å². The molecule has 68 valence electrons. The Morgan fingerprint density at radius 2 is 2.00 bits per heavy atom. The van der Waals surface area contributed by atoms with Gasteiger partial charge in [0.15, 0.2) is 0 Å². The van der Waals surface area contributed by atoms with Crippen molar-refractivity contribution in [3.8, 4) is 0 Å². The van der Waals surface area contributed by atoms with Gasteiger partial charge < -0.3 is 5.32 Å². The third kappa shape index (κ3) is 7.06. The molecule has 0 aliphatic rings. The van der Waals surface area contributed by atoms with Crippen LogP contribution in [-0.2, 0) is 4.79 Å². The fourth-order valence-electron chi connectivity index (χ4n) is 0.836. The number of hydrogen-bond acceptors (Lipinski definition) is 1. The first-order valence-corrected chi connectivity index (χ1v) is 4.26. The molecule has 0 aromatic heterocycles. The molecule has 0 rings (SSSR count). The molecular weight excluding hydrogens is 150 g/mol. The largest absolute Gasteiger partial charge is 0.331 e. The van der Waals surface area contributed by atoms with Crippen LogP contribution in [0.3, 0.4) is 0 Å². The first kappa shape index (κ1) is 11.0. The highest BCUT2D eigenvalue weighted by molar-refractivity contribution is 5.74. The van der Waals surface area contributed by atoms with Crippen LogP contribution in [0.1, 0.15) is 33.6 Å². The maximum absolute atomic E-state index is 10.6. The normalized spacial score (nSPS) is 12.1. The number of carbonyl (C=O) groups excluding carboxylic acids is 1. The predicted molar refractivity (Wildman–Crippen MR) is 51.6 cm³/mol. The van der Waals surface area contributed by atoms with E-state index in [1.54, 1.807) is 0 Å². The Bertz CT molecular complexity index is 192. The Morgan fingerprint density at radius 1 is 1.33 bits per heavy atom. The van der Waals surface area contributed by atoms with Crippen LogP contribution in [0, 0.1) is 0 Å². The van der Waals surface area contributed by atoms with Crippen molar-refractivity contribution in [2.24, 2.45) is 0 Å². The maximum atomic E-state index is 10.6. The lowest BCUT2D eigenvalue weighted by Gasteiger charge is -1.98. The van der Waals surface area contributed by atoms with Crippen molar-refractivity contribution in [1.82, 2.24) is 5.32 Å². The molecule has 12 heavy (non-hydrogen) atoms. The lowest BCUT2D eigenvalue weighted by Crippen LogP contribution is -2.16. The quantitative estimate of drug-likeness (QED) is 0.640. The molecule has 0 atom stereocenters. The summed E-state index contributed by atoms with van der Waals surface area (Å²) in [6.45, 7) is 5.50. The third-order valence-electron chi connectivity index (χ3n) is 1.34. The van der Waals surface area contributed by atoms with E-state index in [-0.39, 0.29) is 5.91 Å². The molecule has 2 heteroatoms. The van der Waals surface area contributed by atoms with E-state index in [4.69, 9.17) is 0 Å². The van der Waals surface area contributed by atoms with Gasteiger partial charge in [0, 0.05) is 12.6 Å². The predicted octanol–water partition coefficient (Wildman–Crippen LogP) is 2.38. The van der Waals surface area contributed by atoms with Gasteiger partial charge in [0.05, 0.1) is 0 Å². The smallest absolute Gasteiger partial charge is 0.220 e. The number of rotatable bonds is 4. The van der Waals surface area contributed by atoms with E-state index in [0.717, 1.165) is 18.5 Å². The Hall–Kier alpha value is -1.05. The Kier molecular flexibility index (Phi) is 6.07. The van der Waals surface area contributed by atoms with Gasteiger partial charge in [0.25, 0.3) is 0 Å². The summed E-state index contributed by atoms with van der Waals surface area (Å²) in [6, 6.07) is 0. The minimum atomic E-state index is -0.0109. The summed E-state index contributed by atoms with van der Waals surface area (Å²) in [6.07, 6.45) is 8.14. The van der Waals surface area contributed by atoms with E-state index in [1.807, 2.05) is 13.0 Å². The first-order chi connectivity index (χ1) is 5.66. The second-order valence-electron chi connectivity index (χ2n) is 2.68. The average Bonchev–Trinajstić information content (AvgIpc) is 1.97. The monoisotopic (exact) mass is 167 g/mol. The molecule has 0 saturated carbocycles. The highest BCUT2D eigenvalue weighted by Gasteiger charge is 1.89. The molecule has 1 amide bonds. The Morgan fingerprint density at radius 3 is 2.50 bits per heavy atom.